The average molecular weight is 375 g/mol. The number of hydrogen-bond acceptors (Lipinski definition) is 6. The lowest BCUT2D eigenvalue weighted by molar-refractivity contribution is 0.208. The van der Waals surface area contributed by atoms with Crippen molar-refractivity contribution in [2.45, 2.75) is 19.4 Å². The van der Waals surface area contributed by atoms with Crippen LogP contribution in [0.15, 0.2) is 55.0 Å². The van der Waals surface area contributed by atoms with Gasteiger partial charge in [0.15, 0.2) is 0 Å². The Morgan fingerprint density at radius 2 is 1.68 bits per heavy atom. The van der Waals surface area contributed by atoms with E-state index >= 15 is 0 Å². The van der Waals surface area contributed by atoms with Crippen molar-refractivity contribution in [1.82, 2.24) is 20.3 Å². The molecule has 0 radical (unpaired) electrons. The summed E-state index contributed by atoms with van der Waals surface area (Å²) in [5.41, 5.74) is 10.4. The topological polar surface area (TPSA) is 86.0 Å². The Hall–Kier alpha value is -2.83. The summed E-state index contributed by atoms with van der Waals surface area (Å²) in [6, 6.07) is 12.0. The summed E-state index contributed by atoms with van der Waals surface area (Å²) in [5, 5.41) is 3.38. The maximum atomic E-state index is 6.01. The monoisotopic (exact) mass is 375 g/mol. The van der Waals surface area contributed by atoms with Crippen LogP contribution < -0.4 is 15.8 Å². The second-order valence-electron chi connectivity index (χ2n) is 7.05. The van der Waals surface area contributed by atoms with Crippen LogP contribution in [-0.4, -0.2) is 34.6 Å². The van der Waals surface area contributed by atoms with Crippen molar-refractivity contribution in [2.24, 2.45) is 11.7 Å². The van der Waals surface area contributed by atoms with Crippen LogP contribution >= 0.6 is 0 Å². The lowest BCUT2D eigenvalue weighted by Crippen LogP contribution is -2.30. The van der Waals surface area contributed by atoms with Crippen LogP contribution in [0.3, 0.4) is 0 Å². The number of pyridine rings is 1. The lowest BCUT2D eigenvalue weighted by Gasteiger charge is -2.22. The van der Waals surface area contributed by atoms with Gasteiger partial charge in [0, 0.05) is 30.1 Å². The highest BCUT2D eigenvalue weighted by atomic mass is 16.5. The molecule has 0 spiro atoms. The molecule has 2 aromatic heterocycles. The van der Waals surface area contributed by atoms with Crippen LogP contribution in [0, 0.1) is 5.92 Å². The molecule has 6 nitrogen and oxygen atoms in total. The molecule has 3 heterocycles. The van der Waals surface area contributed by atoms with Gasteiger partial charge in [-0.2, -0.15) is 0 Å². The van der Waals surface area contributed by atoms with Gasteiger partial charge in [-0.25, -0.2) is 9.97 Å². The van der Waals surface area contributed by atoms with E-state index in [1.54, 1.807) is 18.6 Å². The van der Waals surface area contributed by atoms with Crippen LogP contribution in [0.4, 0.5) is 0 Å². The second-order valence-corrected chi connectivity index (χ2v) is 7.05. The van der Waals surface area contributed by atoms with Gasteiger partial charge in [0.05, 0.1) is 18.5 Å². The fraction of sp³-hybridized carbons (Fsp3) is 0.318. The van der Waals surface area contributed by atoms with E-state index in [2.05, 4.69) is 15.3 Å². The molecule has 0 aliphatic carbocycles. The molecule has 144 valence electrons. The molecule has 3 aromatic rings. The molecule has 0 saturated carbocycles. The molecule has 0 unspecified atom stereocenters. The zero-order valence-corrected chi connectivity index (χ0v) is 15.8. The van der Waals surface area contributed by atoms with E-state index in [1.807, 2.05) is 36.4 Å². The van der Waals surface area contributed by atoms with Gasteiger partial charge in [0.1, 0.15) is 5.69 Å². The molecule has 1 saturated heterocycles. The largest absolute Gasteiger partial charge is 0.476 e. The minimum absolute atomic E-state index is 0.516. The highest BCUT2D eigenvalue weighted by Gasteiger charge is 2.16. The van der Waals surface area contributed by atoms with Crippen LogP contribution in [0.2, 0.25) is 0 Å². The Morgan fingerprint density at radius 1 is 0.964 bits per heavy atom. The second kappa shape index (κ2) is 8.91. The fourth-order valence-corrected chi connectivity index (χ4v) is 3.42. The van der Waals surface area contributed by atoms with Gasteiger partial charge >= 0.3 is 0 Å². The number of ether oxygens (including phenoxy) is 1. The third kappa shape index (κ3) is 4.35. The molecule has 1 aromatic carbocycles. The molecule has 1 aliphatic rings. The van der Waals surface area contributed by atoms with E-state index < -0.39 is 0 Å². The number of hydrogen-bond donors (Lipinski definition) is 2. The molecule has 6 heteroatoms. The standard InChI is InChI=1S/C22H25N5O/c23-13-16-1-3-18(4-2-16)22-21(19-7-11-25-12-8-19)26-14-20(27-22)28-15-17-5-9-24-10-6-17/h1-4,7-8,11-12,14,17,24H,5-6,9-10,13,15,23H2. The molecule has 4 rings (SSSR count). The van der Waals surface area contributed by atoms with Gasteiger partial charge in [-0.05, 0) is 49.5 Å². The third-order valence-electron chi connectivity index (χ3n) is 5.09. The number of rotatable bonds is 6. The van der Waals surface area contributed by atoms with Crippen LogP contribution in [0.5, 0.6) is 5.88 Å². The van der Waals surface area contributed by atoms with Gasteiger partial charge in [0.2, 0.25) is 5.88 Å². The Balaban J connectivity index is 1.64. The first-order valence-corrected chi connectivity index (χ1v) is 9.74. The van der Waals surface area contributed by atoms with Gasteiger partial charge < -0.3 is 15.8 Å². The predicted molar refractivity (Wildman–Crippen MR) is 110 cm³/mol. The van der Waals surface area contributed by atoms with Gasteiger partial charge in [-0.15, -0.1) is 0 Å². The maximum absolute atomic E-state index is 6.01. The zero-order valence-electron chi connectivity index (χ0n) is 15.8. The van der Waals surface area contributed by atoms with Gasteiger partial charge in [0.25, 0.3) is 0 Å². The molecular formula is C22H25N5O. The SMILES string of the molecule is NCc1ccc(-c2nc(OCC3CCNCC3)cnc2-c2ccncc2)cc1. The van der Waals surface area contributed by atoms with Crippen LogP contribution in [0.1, 0.15) is 18.4 Å². The molecule has 1 aliphatic heterocycles. The molecule has 0 atom stereocenters. The predicted octanol–water partition coefficient (Wildman–Crippen LogP) is 3.04. The number of aromatic nitrogens is 3. The van der Waals surface area contributed by atoms with E-state index in [0.717, 1.165) is 54.0 Å². The number of nitrogens with zero attached hydrogens (tertiary/aromatic N) is 3. The molecule has 3 N–H and O–H groups in total. The van der Waals surface area contributed by atoms with Crippen molar-refractivity contribution < 1.29 is 4.74 Å². The Morgan fingerprint density at radius 3 is 2.39 bits per heavy atom. The van der Waals surface area contributed by atoms with Gasteiger partial charge in [-0.3, -0.25) is 4.98 Å². The Labute approximate surface area is 165 Å². The third-order valence-corrected chi connectivity index (χ3v) is 5.09. The van der Waals surface area contributed by atoms with E-state index in [4.69, 9.17) is 15.5 Å². The number of nitrogens with two attached hydrogens (primary N) is 1. The quantitative estimate of drug-likeness (QED) is 0.689. The average Bonchev–Trinajstić information content (AvgIpc) is 2.79. The van der Waals surface area contributed by atoms with E-state index in [1.165, 1.54) is 0 Å². The van der Waals surface area contributed by atoms with E-state index in [0.29, 0.717) is 24.9 Å². The Kier molecular flexibility index (Phi) is 5.89. The number of nitrogens with one attached hydrogen (secondary N) is 1. The summed E-state index contributed by atoms with van der Waals surface area (Å²) >= 11 is 0. The fourth-order valence-electron chi connectivity index (χ4n) is 3.42. The summed E-state index contributed by atoms with van der Waals surface area (Å²) in [5.74, 6) is 1.13. The normalized spacial score (nSPS) is 14.8. The van der Waals surface area contributed by atoms with Crippen molar-refractivity contribution in [3.63, 3.8) is 0 Å². The highest BCUT2D eigenvalue weighted by molar-refractivity contribution is 5.77. The molecule has 28 heavy (non-hydrogen) atoms. The van der Waals surface area contributed by atoms with E-state index in [-0.39, 0.29) is 0 Å². The number of piperidine rings is 1. The zero-order chi connectivity index (χ0) is 19.2. The van der Waals surface area contributed by atoms with Crippen molar-refractivity contribution in [2.75, 3.05) is 19.7 Å². The highest BCUT2D eigenvalue weighted by Crippen LogP contribution is 2.30. The minimum Gasteiger partial charge on any atom is -0.476 e. The molecular weight excluding hydrogens is 350 g/mol. The smallest absolute Gasteiger partial charge is 0.232 e. The summed E-state index contributed by atoms with van der Waals surface area (Å²) in [6.07, 6.45) is 7.51. The van der Waals surface area contributed by atoms with Crippen molar-refractivity contribution in [1.29, 1.82) is 0 Å². The Bertz CT molecular complexity index is 893. The molecule has 0 amide bonds. The van der Waals surface area contributed by atoms with Crippen LogP contribution in [0.25, 0.3) is 22.5 Å². The van der Waals surface area contributed by atoms with Crippen molar-refractivity contribution in [3.8, 4) is 28.4 Å². The first kappa shape index (κ1) is 18.5. The van der Waals surface area contributed by atoms with Crippen molar-refractivity contribution >= 4 is 0 Å². The number of benzene rings is 1. The van der Waals surface area contributed by atoms with Crippen molar-refractivity contribution in [3.05, 3.63) is 60.6 Å². The minimum atomic E-state index is 0.516. The first-order valence-electron chi connectivity index (χ1n) is 9.74. The summed E-state index contributed by atoms with van der Waals surface area (Å²) in [4.78, 5) is 13.6. The molecule has 0 bridgehead atoms. The lowest BCUT2D eigenvalue weighted by atomic mass is 9.99. The summed E-state index contributed by atoms with van der Waals surface area (Å²) in [6.45, 7) is 3.30. The summed E-state index contributed by atoms with van der Waals surface area (Å²) < 4.78 is 6.01. The summed E-state index contributed by atoms with van der Waals surface area (Å²) in [7, 11) is 0. The van der Waals surface area contributed by atoms with Gasteiger partial charge in [-0.1, -0.05) is 24.3 Å². The molecule has 1 fully saturated rings. The van der Waals surface area contributed by atoms with E-state index in [9.17, 15) is 0 Å². The first-order chi connectivity index (χ1) is 13.8. The van der Waals surface area contributed by atoms with Crippen LogP contribution in [-0.2, 0) is 6.54 Å². The maximum Gasteiger partial charge on any atom is 0.232 e.